The molecule has 0 fully saturated rings. The van der Waals surface area contributed by atoms with E-state index in [4.69, 9.17) is 11.6 Å². The summed E-state index contributed by atoms with van der Waals surface area (Å²) in [5.41, 5.74) is 7.31. The molecule has 21 heavy (non-hydrogen) atoms. The molecule has 0 nitrogen and oxygen atoms in total. The molecule has 0 bridgehead atoms. The molecule has 0 N–H and O–H groups in total. The first kappa shape index (κ1) is 14.7. The summed E-state index contributed by atoms with van der Waals surface area (Å²) in [7, 11) is 0. The van der Waals surface area contributed by atoms with Gasteiger partial charge in [-0.05, 0) is 67.2 Å². The summed E-state index contributed by atoms with van der Waals surface area (Å²) in [6.45, 7) is 2.15. The predicted octanol–water partition coefficient (Wildman–Crippen LogP) is 5.12. The summed E-state index contributed by atoms with van der Waals surface area (Å²) in [6.07, 6.45) is 6.00. The SMILES string of the molecule is Cc1cccc(CC(CCl)Cc2ccc3c(c2)CCC3)c1. The van der Waals surface area contributed by atoms with Gasteiger partial charge in [-0.2, -0.15) is 0 Å². The molecule has 0 aliphatic heterocycles. The topological polar surface area (TPSA) is 0 Å². The minimum Gasteiger partial charge on any atom is -0.126 e. The van der Waals surface area contributed by atoms with E-state index in [1.807, 2.05) is 0 Å². The molecule has 0 saturated heterocycles. The second kappa shape index (κ2) is 6.66. The van der Waals surface area contributed by atoms with Crippen molar-refractivity contribution in [3.05, 3.63) is 70.3 Å². The van der Waals surface area contributed by atoms with Crippen molar-refractivity contribution in [2.45, 2.75) is 39.0 Å². The average molecular weight is 299 g/mol. The number of alkyl halides is 1. The normalized spacial score (nSPS) is 15.0. The summed E-state index contributed by atoms with van der Waals surface area (Å²) in [6, 6.07) is 15.8. The number of rotatable bonds is 5. The Morgan fingerprint density at radius 3 is 2.48 bits per heavy atom. The molecule has 0 radical (unpaired) electrons. The van der Waals surface area contributed by atoms with E-state index in [0.29, 0.717) is 5.92 Å². The third-order valence-corrected chi connectivity index (χ3v) is 4.95. The van der Waals surface area contributed by atoms with Gasteiger partial charge in [-0.1, -0.05) is 48.0 Å². The summed E-state index contributed by atoms with van der Waals surface area (Å²) < 4.78 is 0. The van der Waals surface area contributed by atoms with Gasteiger partial charge in [-0.3, -0.25) is 0 Å². The Hall–Kier alpha value is -1.27. The maximum Gasteiger partial charge on any atom is 0.0258 e. The standard InChI is InChI=1S/C20H23Cl/c1-15-4-2-5-16(10-15)11-18(14-21)12-17-8-9-19-6-3-7-20(19)13-17/h2,4-5,8-10,13,18H,3,6-7,11-12,14H2,1H3. The highest BCUT2D eigenvalue weighted by Crippen LogP contribution is 2.25. The Morgan fingerprint density at radius 1 is 0.952 bits per heavy atom. The third kappa shape index (κ3) is 3.68. The Balaban J connectivity index is 1.69. The van der Waals surface area contributed by atoms with Gasteiger partial charge in [0.15, 0.2) is 0 Å². The minimum atomic E-state index is 0.521. The molecule has 1 unspecified atom stereocenters. The highest BCUT2D eigenvalue weighted by Gasteiger charge is 2.14. The molecule has 0 spiro atoms. The van der Waals surface area contributed by atoms with Crippen LogP contribution in [0, 0.1) is 12.8 Å². The zero-order valence-electron chi connectivity index (χ0n) is 12.7. The van der Waals surface area contributed by atoms with E-state index in [9.17, 15) is 0 Å². The molecule has 0 saturated carbocycles. The lowest BCUT2D eigenvalue weighted by Gasteiger charge is -2.15. The highest BCUT2D eigenvalue weighted by atomic mass is 35.5. The Morgan fingerprint density at radius 2 is 1.71 bits per heavy atom. The largest absolute Gasteiger partial charge is 0.126 e. The van der Waals surface area contributed by atoms with Crippen LogP contribution in [0.1, 0.15) is 34.2 Å². The molecule has 1 aliphatic carbocycles. The van der Waals surface area contributed by atoms with E-state index in [-0.39, 0.29) is 0 Å². The fourth-order valence-corrected chi connectivity index (χ4v) is 3.66. The van der Waals surface area contributed by atoms with Crippen LogP contribution in [0.5, 0.6) is 0 Å². The van der Waals surface area contributed by atoms with Gasteiger partial charge in [-0.25, -0.2) is 0 Å². The summed E-state index contributed by atoms with van der Waals surface area (Å²) in [5, 5.41) is 0. The molecule has 2 aromatic carbocycles. The fourth-order valence-electron chi connectivity index (χ4n) is 3.44. The summed E-state index contributed by atoms with van der Waals surface area (Å²) >= 11 is 6.22. The first-order valence-corrected chi connectivity index (χ1v) is 8.50. The second-order valence-electron chi connectivity index (χ2n) is 6.37. The number of hydrogen-bond donors (Lipinski definition) is 0. The van der Waals surface area contributed by atoms with Crippen molar-refractivity contribution in [1.82, 2.24) is 0 Å². The molecule has 2 aromatic rings. The lowest BCUT2D eigenvalue weighted by Crippen LogP contribution is -2.10. The lowest BCUT2D eigenvalue weighted by molar-refractivity contribution is 0.583. The number of halogens is 1. The van der Waals surface area contributed by atoms with E-state index in [1.165, 1.54) is 36.0 Å². The Kier molecular flexibility index (Phi) is 4.65. The van der Waals surface area contributed by atoms with Crippen molar-refractivity contribution in [1.29, 1.82) is 0 Å². The molecule has 3 rings (SSSR count). The van der Waals surface area contributed by atoms with Crippen LogP contribution in [0.2, 0.25) is 0 Å². The van der Waals surface area contributed by atoms with E-state index in [1.54, 1.807) is 11.1 Å². The molecule has 110 valence electrons. The molecule has 1 heteroatoms. The van der Waals surface area contributed by atoms with Gasteiger partial charge < -0.3 is 0 Å². The van der Waals surface area contributed by atoms with Crippen molar-refractivity contribution in [3.63, 3.8) is 0 Å². The van der Waals surface area contributed by atoms with Crippen LogP contribution < -0.4 is 0 Å². The van der Waals surface area contributed by atoms with Crippen LogP contribution >= 0.6 is 11.6 Å². The van der Waals surface area contributed by atoms with E-state index in [2.05, 4.69) is 49.4 Å². The summed E-state index contributed by atoms with van der Waals surface area (Å²) in [4.78, 5) is 0. The molecule has 1 aliphatic rings. The highest BCUT2D eigenvalue weighted by molar-refractivity contribution is 6.18. The van der Waals surface area contributed by atoms with Crippen molar-refractivity contribution >= 4 is 11.6 Å². The van der Waals surface area contributed by atoms with Crippen LogP contribution in [0.25, 0.3) is 0 Å². The molecule has 0 amide bonds. The van der Waals surface area contributed by atoms with Gasteiger partial charge in [-0.15, -0.1) is 11.6 Å². The lowest BCUT2D eigenvalue weighted by atomic mass is 9.92. The molecule has 0 heterocycles. The van der Waals surface area contributed by atoms with Crippen LogP contribution in [0.3, 0.4) is 0 Å². The molecule has 1 atom stereocenters. The average Bonchev–Trinajstić information content (AvgIpc) is 2.94. The monoisotopic (exact) mass is 298 g/mol. The number of fused-ring (bicyclic) bond motifs is 1. The van der Waals surface area contributed by atoms with Crippen LogP contribution in [-0.4, -0.2) is 5.88 Å². The van der Waals surface area contributed by atoms with Gasteiger partial charge in [0.2, 0.25) is 0 Å². The van der Waals surface area contributed by atoms with Gasteiger partial charge in [0.25, 0.3) is 0 Å². The Labute approximate surface area is 133 Å². The van der Waals surface area contributed by atoms with E-state index in [0.717, 1.165) is 18.7 Å². The van der Waals surface area contributed by atoms with Crippen molar-refractivity contribution in [3.8, 4) is 0 Å². The number of benzene rings is 2. The molecular formula is C20H23Cl. The van der Waals surface area contributed by atoms with Gasteiger partial charge in [0.05, 0.1) is 0 Å². The van der Waals surface area contributed by atoms with Crippen LogP contribution in [0.15, 0.2) is 42.5 Å². The zero-order valence-corrected chi connectivity index (χ0v) is 13.5. The summed E-state index contributed by atoms with van der Waals surface area (Å²) in [5.74, 6) is 1.25. The van der Waals surface area contributed by atoms with Crippen LogP contribution in [0.4, 0.5) is 0 Å². The first-order chi connectivity index (χ1) is 10.2. The fraction of sp³-hybridized carbons (Fsp3) is 0.400. The van der Waals surface area contributed by atoms with Gasteiger partial charge in [0, 0.05) is 5.88 Å². The van der Waals surface area contributed by atoms with Gasteiger partial charge >= 0.3 is 0 Å². The van der Waals surface area contributed by atoms with E-state index < -0.39 is 0 Å². The van der Waals surface area contributed by atoms with Gasteiger partial charge in [0.1, 0.15) is 0 Å². The molecule has 0 aromatic heterocycles. The molecular weight excluding hydrogens is 276 g/mol. The minimum absolute atomic E-state index is 0.521. The maximum atomic E-state index is 6.22. The quantitative estimate of drug-likeness (QED) is 0.672. The van der Waals surface area contributed by atoms with Crippen molar-refractivity contribution < 1.29 is 0 Å². The number of hydrogen-bond acceptors (Lipinski definition) is 0. The Bertz CT molecular complexity index is 615. The van der Waals surface area contributed by atoms with Crippen molar-refractivity contribution in [2.75, 3.05) is 5.88 Å². The smallest absolute Gasteiger partial charge is 0.0258 e. The zero-order chi connectivity index (χ0) is 14.7. The van der Waals surface area contributed by atoms with E-state index >= 15 is 0 Å². The predicted molar refractivity (Wildman–Crippen MR) is 91.3 cm³/mol. The number of aryl methyl sites for hydroxylation is 3. The first-order valence-electron chi connectivity index (χ1n) is 7.97. The maximum absolute atomic E-state index is 6.22. The van der Waals surface area contributed by atoms with Crippen molar-refractivity contribution in [2.24, 2.45) is 5.92 Å². The van der Waals surface area contributed by atoms with Crippen LogP contribution in [-0.2, 0) is 25.7 Å². The third-order valence-electron chi connectivity index (χ3n) is 4.51. The second-order valence-corrected chi connectivity index (χ2v) is 6.68.